The highest BCUT2D eigenvalue weighted by atomic mass is 32.2. The molecule has 5 nitrogen and oxygen atoms in total. The van der Waals surface area contributed by atoms with Crippen LogP contribution in [-0.4, -0.2) is 25.9 Å². The van der Waals surface area contributed by atoms with Crippen molar-refractivity contribution in [3.8, 4) is 5.69 Å². The summed E-state index contributed by atoms with van der Waals surface area (Å²) >= 11 is 1.40. The molecule has 1 heterocycles. The zero-order valence-corrected chi connectivity index (χ0v) is 16.2. The van der Waals surface area contributed by atoms with Gasteiger partial charge in [0.15, 0.2) is 5.16 Å². The van der Waals surface area contributed by atoms with Gasteiger partial charge >= 0.3 is 0 Å². The summed E-state index contributed by atoms with van der Waals surface area (Å²) in [7, 11) is 0. The third-order valence-corrected chi connectivity index (χ3v) is 5.13. The van der Waals surface area contributed by atoms with E-state index in [2.05, 4.69) is 28.5 Å². The SMILES string of the molecule is Cc1cccc(NC(=O)C(C)Sc2nnc(C)n2-c2ccccc2C)c1. The minimum Gasteiger partial charge on any atom is -0.325 e. The summed E-state index contributed by atoms with van der Waals surface area (Å²) in [5.41, 5.74) is 4.08. The van der Waals surface area contributed by atoms with Crippen molar-refractivity contribution >= 4 is 23.4 Å². The third-order valence-electron chi connectivity index (χ3n) is 4.09. The number of para-hydroxylation sites is 1. The Morgan fingerprint density at radius 2 is 1.85 bits per heavy atom. The maximum absolute atomic E-state index is 12.6. The van der Waals surface area contributed by atoms with Gasteiger partial charge < -0.3 is 5.32 Å². The number of carbonyl (C=O) groups excluding carboxylic acids is 1. The van der Waals surface area contributed by atoms with Crippen molar-refractivity contribution in [2.24, 2.45) is 0 Å². The van der Waals surface area contributed by atoms with E-state index in [1.165, 1.54) is 11.8 Å². The molecule has 0 fully saturated rings. The van der Waals surface area contributed by atoms with Crippen LogP contribution in [0, 0.1) is 20.8 Å². The van der Waals surface area contributed by atoms with E-state index in [9.17, 15) is 4.79 Å². The molecule has 6 heteroatoms. The first-order chi connectivity index (χ1) is 12.5. The van der Waals surface area contributed by atoms with Gasteiger partial charge in [-0.1, -0.05) is 42.1 Å². The van der Waals surface area contributed by atoms with Gasteiger partial charge in [-0.05, 0) is 57.0 Å². The molecule has 1 atom stereocenters. The van der Waals surface area contributed by atoms with Gasteiger partial charge in [0.25, 0.3) is 0 Å². The molecule has 0 radical (unpaired) electrons. The Hall–Kier alpha value is -2.60. The Labute approximate surface area is 157 Å². The summed E-state index contributed by atoms with van der Waals surface area (Å²) in [6.45, 7) is 7.85. The number of hydrogen-bond donors (Lipinski definition) is 1. The highest BCUT2D eigenvalue weighted by Gasteiger charge is 2.20. The monoisotopic (exact) mass is 366 g/mol. The van der Waals surface area contributed by atoms with Crippen LogP contribution in [0.3, 0.4) is 0 Å². The van der Waals surface area contributed by atoms with Crippen molar-refractivity contribution in [3.63, 3.8) is 0 Å². The second-order valence-corrected chi connectivity index (χ2v) is 7.58. The second-order valence-electron chi connectivity index (χ2n) is 6.27. The minimum atomic E-state index is -0.304. The van der Waals surface area contributed by atoms with Gasteiger partial charge in [-0.25, -0.2) is 0 Å². The van der Waals surface area contributed by atoms with E-state index in [4.69, 9.17) is 0 Å². The van der Waals surface area contributed by atoms with Crippen LogP contribution in [-0.2, 0) is 4.79 Å². The van der Waals surface area contributed by atoms with E-state index >= 15 is 0 Å². The molecule has 0 aliphatic carbocycles. The predicted octanol–water partition coefficient (Wildman–Crippen LogP) is 4.31. The summed E-state index contributed by atoms with van der Waals surface area (Å²) in [6.07, 6.45) is 0. The van der Waals surface area contributed by atoms with Crippen molar-refractivity contribution in [2.45, 2.75) is 38.1 Å². The molecule has 0 spiro atoms. The number of amides is 1. The van der Waals surface area contributed by atoms with E-state index in [0.717, 1.165) is 28.3 Å². The number of anilines is 1. The molecule has 134 valence electrons. The van der Waals surface area contributed by atoms with Crippen LogP contribution >= 0.6 is 11.8 Å². The lowest BCUT2D eigenvalue weighted by Crippen LogP contribution is -2.23. The first kappa shape index (κ1) is 18.2. The van der Waals surface area contributed by atoms with Crippen molar-refractivity contribution < 1.29 is 4.79 Å². The molecule has 26 heavy (non-hydrogen) atoms. The molecule has 1 N–H and O–H groups in total. The number of rotatable bonds is 5. The normalized spacial score (nSPS) is 12.0. The Kier molecular flexibility index (Phi) is 5.42. The molecule has 0 aliphatic heterocycles. The van der Waals surface area contributed by atoms with E-state index in [0.29, 0.717) is 5.16 Å². The smallest absolute Gasteiger partial charge is 0.237 e. The van der Waals surface area contributed by atoms with E-state index in [1.54, 1.807) is 0 Å². The number of hydrogen-bond acceptors (Lipinski definition) is 4. The zero-order chi connectivity index (χ0) is 18.7. The highest BCUT2D eigenvalue weighted by Crippen LogP contribution is 2.27. The average molecular weight is 366 g/mol. The molecule has 0 bridgehead atoms. The van der Waals surface area contributed by atoms with Gasteiger partial charge in [0, 0.05) is 5.69 Å². The van der Waals surface area contributed by atoms with Crippen LogP contribution in [0.2, 0.25) is 0 Å². The van der Waals surface area contributed by atoms with Crippen molar-refractivity contribution in [1.29, 1.82) is 0 Å². The number of aryl methyl sites for hydroxylation is 3. The minimum absolute atomic E-state index is 0.0578. The first-order valence-electron chi connectivity index (χ1n) is 8.48. The molecular weight excluding hydrogens is 344 g/mol. The van der Waals surface area contributed by atoms with Gasteiger partial charge in [0.1, 0.15) is 5.82 Å². The second kappa shape index (κ2) is 7.74. The van der Waals surface area contributed by atoms with Crippen LogP contribution < -0.4 is 5.32 Å². The number of nitrogens with one attached hydrogen (secondary N) is 1. The summed E-state index contributed by atoms with van der Waals surface area (Å²) in [6, 6.07) is 15.9. The van der Waals surface area contributed by atoms with E-state index in [1.807, 2.05) is 67.8 Å². The zero-order valence-electron chi connectivity index (χ0n) is 15.4. The number of nitrogens with zero attached hydrogens (tertiary/aromatic N) is 3. The first-order valence-corrected chi connectivity index (χ1v) is 9.36. The topological polar surface area (TPSA) is 59.8 Å². The number of aromatic nitrogens is 3. The van der Waals surface area contributed by atoms with Crippen LogP contribution in [0.15, 0.2) is 53.7 Å². The van der Waals surface area contributed by atoms with Gasteiger partial charge in [-0.15, -0.1) is 10.2 Å². The van der Waals surface area contributed by atoms with Crippen molar-refractivity contribution in [2.75, 3.05) is 5.32 Å². The summed E-state index contributed by atoms with van der Waals surface area (Å²) in [4.78, 5) is 12.6. The Morgan fingerprint density at radius 3 is 2.58 bits per heavy atom. The third kappa shape index (κ3) is 3.96. The number of benzene rings is 2. The molecule has 3 rings (SSSR count). The fourth-order valence-electron chi connectivity index (χ4n) is 2.69. The van der Waals surface area contributed by atoms with Crippen LogP contribution in [0.4, 0.5) is 5.69 Å². The molecule has 3 aromatic rings. The Balaban J connectivity index is 1.79. The quantitative estimate of drug-likeness (QED) is 0.684. The van der Waals surface area contributed by atoms with Gasteiger partial charge in [-0.2, -0.15) is 0 Å². The Morgan fingerprint density at radius 1 is 1.08 bits per heavy atom. The fourth-order valence-corrected chi connectivity index (χ4v) is 3.60. The molecular formula is C20H22N4OS. The molecule has 1 unspecified atom stereocenters. The van der Waals surface area contributed by atoms with Gasteiger partial charge in [0.2, 0.25) is 5.91 Å². The molecule has 2 aromatic carbocycles. The summed E-state index contributed by atoms with van der Waals surface area (Å²) in [5, 5.41) is 11.8. The lowest BCUT2D eigenvalue weighted by Gasteiger charge is -2.14. The maximum Gasteiger partial charge on any atom is 0.237 e. The lowest BCUT2D eigenvalue weighted by molar-refractivity contribution is -0.115. The van der Waals surface area contributed by atoms with Crippen LogP contribution in [0.25, 0.3) is 5.69 Å². The number of thioether (sulfide) groups is 1. The molecule has 0 saturated carbocycles. The van der Waals surface area contributed by atoms with Gasteiger partial charge in [0.05, 0.1) is 10.9 Å². The van der Waals surface area contributed by atoms with Crippen molar-refractivity contribution in [1.82, 2.24) is 14.8 Å². The highest BCUT2D eigenvalue weighted by molar-refractivity contribution is 8.00. The van der Waals surface area contributed by atoms with Crippen LogP contribution in [0.5, 0.6) is 0 Å². The Bertz CT molecular complexity index is 935. The molecule has 1 amide bonds. The van der Waals surface area contributed by atoms with Gasteiger partial charge in [-0.3, -0.25) is 9.36 Å². The summed E-state index contributed by atoms with van der Waals surface area (Å²) < 4.78 is 2.00. The maximum atomic E-state index is 12.6. The van der Waals surface area contributed by atoms with Crippen LogP contribution in [0.1, 0.15) is 23.9 Å². The van der Waals surface area contributed by atoms with Crippen molar-refractivity contribution in [3.05, 3.63) is 65.5 Å². The van der Waals surface area contributed by atoms with E-state index < -0.39 is 0 Å². The fraction of sp³-hybridized carbons (Fsp3) is 0.250. The molecule has 0 aliphatic rings. The molecule has 1 aromatic heterocycles. The summed E-state index contributed by atoms with van der Waals surface area (Å²) in [5.74, 6) is 0.741. The molecule has 0 saturated heterocycles. The van der Waals surface area contributed by atoms with E-state index in [-0.39, 0.29) is 11.2 Å². The lowest BCUT2D eigenvalue weighted by atomic mass is 10.2. The standard InChI is InChI=1S/C20H22N4OS/c1-13-8-7-10-17(12-13)21-19(25)15(3)26-20-23-22-16(4)24(20)18-11-6-5-9-14(18)2/h5-12,15H,1-4H3,(H,21,25). The largest absolute Gasteiger partial charge is 0.325 e. The number of carbonyl (C=O) groups is 1. The predicted molar refractivity (Wildman–Crippen MR) is 106 cm³/mol. The average Bonchev–Trinajstić information content (AvgIpc) is 2.95.